The predicted molar refractivity (Wildman–Crippen MR) is 60.0 cm³/mol. The van der Waals surface area contributed by atoms with Crippen LogP contribution in [0.2, 0.25) is 0 Å². The van der Waals surface area contributed by atoms with E-state index in [0.717, 1.165) is 24.3 Å². The van der Waals surface area contributed by atoms with E-state index in [0.29, 0.717) is 5.41 Å². The first-order valence-corrected chi connectivity index (χ1v) is 5.96. The molecule has 2 fully saturated rings. The predicted octanol–water partition coefficient (Wildman–Crippen LogP) is 1.56. The van der Waals surface area contributed by atoms with Crippen LogP contribution in [0.3, 0.4) is 0 Å². The number of hydrogen-bond acceptors (Lipinski definition) is 2. The highest BCUT2D eigenvalue weighted by Gasteiger charge is 2.59. The molecule has 0 aromatic rings. The van der Waals surface area contributed by atoms with Crippen molar-refractivity contribution in [1.29, 1.82) is 0 Å². The van der Waals surface area contributed by atoms with Crippen LogP contribution in [0.4, 0.5) is 0 Å². The SMILES string of the molecule is CN1CCC([C@@H]2[C@@H](CN)C2(C)C)CC1. The van der Waals surface area contributed by atoms with Crippen molar-refractivity contribution in [3.05, 3.63) is 0 Å². The molecule has 2 heteroatoms. The van der Waals surface area contributed by atoms with E-state index in [1.165, 1.54) is 25.9 Å². The van der Waals surface area contributed by atoms with Gasteiger partial charge in [-0.15, -0.1) is 0 Å². The van der Waals surface area contributed by atoms with Crippen LogP contribution in [-0.2, 0) is 0 Å². The number of nitrogens with two attached hydrogens (primary N) is 1. The Kier molecular flexibility index (Phi) is 2.61. The summed E-state index contributed by atoms with van der Waals surface area (Å²) in [4.78, 5) is 2.45. The van der Waals surface area contributed by atoms with Gasteiger partial charge < -0.3 is 10.6 Å². The summed E-state index contributed by atoms with van der Waals surface area (Å²) in [7, 11) is 2.23. The van der Waals surface area contributed by atoms with Crippen molar-refractivity contribution >= 4 is 0 Å². The lowest BCUT2D eigenvalue weighted by atomic mass is 9.88. The fraction of sp³-hybridized carbons (Fsp3) is 1.00. The maximum Gasteiger partial charge on any atom is -0.00190 e. The van der Waals surface area contributed by atoms with Gasteiger partial charge in [-0.1, -0.05) is 13.8 Å². The molecule has 2 nitrogen and oxygen atoms in total. The molecule has 2 N–H and O–H groups in total. The van der Waals surface area contributed by atoms with Gasteiger partial charge in [0.15, 0.2) is 0 Å². The van der Waals surface area contributed by atoms with Crippen LogP contribution >= 0.6 is 0 Å². The van der Waals surface area contributed by atoms with E-state index in [4.69, 9.17) is 5.73 Å². The molecule has 14 heavy (non-hydrogen) atoms. The minimum absolute atomic E-state index is 0.537. The van der Waals surface area contributed by atoms with Gasteiger partial charge in [-0.25, -0.2) is 0 Å². The Bertz CT molecular complexity index is 204. The first-order chi connectivity index (χ1) is 6.57. The molecule has 0 spiro atoms. The first-order valence-electron chi connectivity index (χ1n) is 5.96. The molecule has 1 saturated carbocycles. The summed E-state index contributed by atoms with van der Waals surface area (Å²) in [5.74, 6) is 2.67. The lowest BCUT2D eigenvalue weighted by Crippen LogP contribution is -2.31. The average Bonchev–Trinajstić information content (AvgIpc) is 2.69. The third kappa shape index (κ3) is 1.59. The molecule has 2 aliphatic rings. The Hall–Kier alpha value is -0.0800. The maximum absolute atomic E-state index is 5.82. The molecule has 0 bridgehead atoms. The van der Waals surface area contributed by atoms with Crippen LogP contribution < -0.4 is 5.73 Å². The van der Waals surface area contributed by atoms with E-state index in [1.54, 1.807) is 0 Å². The number of piperidine rings is 1. The zero-order chi connectivity index (χ0) is 10.3. The van der Waals surface area contributed by atoms with E-state index in [1.807, 2.05) is 0 Å². The average molecular weight is 196 g/mol. The van der Waals surface area contributed by atoms with Crippen LogP contribution in [-0.4, -0.2) is 31.6 Å². The van der Waals surface area contributed by atoms with E-state index >= 15 is 0 Å². The minimum Gasteiger partial charge on any atom is -0.330 e. The van der Waals surface area contributed by atoms with Crippen molar-refractivity contribution in [3.8, 4) is 0 Å². The smallest absolute Gasteiger partial charge is 0.00190 e. The zero-order valence-corrected chi connectivity index (χ0v) is 9.79. The first kappa shape index (κ1) is 10.4. The molecule has 1 aliphatic heterocycles. The lowest BCUT2D eigenvalue weighted by Gasteiger charge is -2.30. The maximum atomic E-state index is 5.82. The van der Waals surface area contributed by atoms with Crippen LogP contribution in [0.25, 0.3) is 0 Å². The number of rotatable bonds is 2. The molecular formula is C12H24N2. The minimum atomic E-state index is 0.537. The van der Waals surface area contributed by atoms with Crippen LogP contribution in [0.15, 0.2) is 0 Å². The van der Waals surface area contributed by atoms with Crippen LogP contribution in [0.5, 0.6) is 0 Å². The molecule has 0 aromatic heterocycles. The Morgan fingerprint density at radius 1 is 1.29 bits per heavy atom. The number of likely N-dealkylation sites (tertiary alicyclic amines) is 1. The molecule has 2 rings (SSSR count). The van der Waals surface area contributed by atoms with Crippen molar-refractivity contribution in [2.24, 2.45) is 28.9 Å². The summed E-state index contributed by atoms with van der Waals surface area (Å²) < 4.78 is 0. The molecule has 1 aliphatic carbocycles. The third-order valence-electron chi connectivity index (χ3n) is 4.66. The second kappa shape index (κ2) is 3.49. The molecule has 0 aromatic carbocycles. The second-order valence-corrected chi connectivity index (χ2v) is 5.83. The van der Waals surface area contributed by atoms with Gasteiger partial charge in [0.05, 0.1) is 0 Å². The molecule has 1 heterocycles. The number of hydrogen-bond donors (Lipinski definition) is 1. The Balaban J connectivity index is 1.92. The van der Waals surface area contributed by atoms with Gasteiger partial charge in [0.25, 0.3) is 0 Å². The standard InChI is InChI=1S/C12H24N2/c1-12(2)10(8-13)11(12)9-4-6-14(3)7-5-9/h9-11H,4-8,13H2,1-3H3/t10-,11-/m1/s1. The summed E-state index contributed by atoms with van der Waals surface area (Å²) >= 11 is 0. The lowest BCUT2D eigenvalue weighted by molar-refractivity contribution is 0.191. The van der Waals surface area contributed by atoms with Crippen molar-refractivity contribution in [2.45, 2.75) is 26.7 Å². The van der Waals surface area contributed by atoms with Crippen molar-refractivity contribution in [3.63, 3.8) is 0 Å². The van der Waals surface area contributed by atoms with Crippen LogP contribution in [0.1, 0.15) is 26.7 Å². The van der Waals surface area contributed by atoms with Gasteiger partial charge >= 0.3 is 0 Å². The molecular weight excluding hydrogens is 172 g/mol. The van der Waals surface area contributed by atoms with Gasteiger partial charge in [0.1, 0.15) is 0 Å². The quantitative estimate of drug-likeness (QED) is 0.726. The van der Waals surface area contributed by atoms with E-state index in [-0.39, 0.29) is 0 Å². The van der Waals surface area contributed by atoms with Crippen LogP contribution in [0, 0.1) is 23.2 Å². The molecule has 82 valence electrons. The fourth-order valence-electron chi connectivity index (χ4n) is 3.56. The zero-order valence-electron chi connectivity index (χ0n) is 9.79. The van der Waals surface area contributed by atoms with E-state index < -0.39 is 0 Å². The summed E-state index contributed by atoms with van der Waals surface area (Å²) in [6.45, 7) is 8.26. The highest BCUT2D eigenvalue weighted by molar-refractivity contribution is 5.08. The van der Waals surface area contributed by atoms with E-state index in [2.05, 4.69) is 25.8 Å². The normalized spacial score (nSPS) is 38.6. The second-order valence-electron chi connectivity index (χ2n) is 5.83. The highest BCUT2D eigenvalue weighted by atomic mass is 15.1. The molecule has 0 unspecified atom stereocenters. The molecule has 0 radical (unpaired) electrons. The topological polar surface area (TPSA) is 29.3 Å². The summed E-state index contributed by atoms with van der Waals surface area (Å²) in [5.41, 5.74) is 6.36. The van der Waals surface area contributed by atoms with Crippen molar-refractivity contribution in [2.75, 3.05) is 26.7 Å². The summed E-state index contributed by atoms with van der Waals surface area (Å²) in [6, 6.07) is 0. The van der Waals surface area contributed by atoms with Gasteiger partial charge in [-0.3, -0.25) is 0 Å². The van der Waals surface area contributed by atoms with Gasteiger partial charge in [-0.2, -0.15) is 0 Å². The Morgan fingerprint density at radius 2 is 1.86 bits per heavy atom. The third-order valence-corrected chi connectivity index (χ3v) is 4.66. The largest absolute Gasteiger partial charge is 0.330 e. The van der Waals surface area contributed by atoms with Gasteiger partial charge in [-0.05, 0) is 62.7 Å². The monoisotopic (exact) mass is 196 g/mol. The molecule has 2 atom stereocenters. The Morgan fingerprint density at radius 3 is 2.29 bits per heavy atom. The molecule has 1 saturated heterocycles. The Labute approximate surface area is 87.8 Å². The van der Waals surface area contributed by atoms with Gasteiger partial charge in [0, 0.05) is 0 Å². The number of nitrogens with zero attached hydrogens (tertiary/aromatic N) is 1. The summed E-state index contributed by atoms with van der Waals surface area (Å²) in [6.07, 6.45) is 2.78. The van der Waals surface area contributed by atoms with Gasteiger partial charge in [0.2, 0.25) is 0 Å². The fourth-order valence-corrected chi connectivity index (χ4v) is 3.56. The molecule has 0 amide bonds. The van der Waals surface area contributed by atoms with Crippen molar-refractivity contribution in [1.82, 2.24) is 4.90 Å². The summed E-state index contributed by atoms with van der Waals surface area (Å²) in [5, 5.41) is 0. The van der Waals surface area contributed by atoms with E-state index in [9.17, 15) is 0 Å². The highest BCUT2D eigenvalue weighted by Crippen LogP contribution is 2.62. The van der Waals surface area contributed by atoms with Crippen molar-refractivity contribution < 1.29 is 0 Å².